The van der Waals surface area contributed by atoms with Crippen molar-refractivity contribution in [2.75, 3.05) is 13.2 Å². The number of aliphatic hydroxyl groups excluding tert-OH is 1. The average molecular weight is 335 g/mol. The number of ether oxygens (including phenoxy) is 1. The molecule has 1 saturated heterocycles. The number of fused-ring (bicyclic) bond motifs is 1. The second kappa shape index (κ2) is 7.40. The minimum absolute atomic E-state index is 0.0386. The third-order valence-corrected chi connectivity index (χ3v) is 4.85. The summed E-state index contributed by atoms with van der Waals surface area (Å²) in [6.45, 7) is -0.0699. The zero-order valence-electron chi connectivity index (χ0n) is 13.5. The Kier molecular flexibility index (Phi) is 5.26. The van der Waals surface area contributed by atoms with Gasteiger partial charge in [-0.1, -0.05) is 31.0 Å². The summed E-state index contributed by atoms with van der Waals surface area (Å²) < 4.78 is 18.8. The Morgan fingerprint density at radius 1 is 1.17 bits per heavy atom. The number of carbonyl (C=O) groups is 2. The summed E-state index contributed by atoms with van der Waals surface area (Å²) in [5.74, 6) is -1.12. The number of amides is 2. The minimum Gasteiger partial charge on any atom is -0.389 e. The van der Waals surface area contributed by atoms with Gasteiger partial charge < -0.3 is 9.84 Å². The smallest absolute Gasteiger partial charge is 0.233 e. The Morgan fingerprint density at radius 3 is 2.42 bits per heavy atom. The Hall–Kier alpha value is -1.79. The van der Waals surface area contributed by atoms with Gasteiger partial charge in [-0.2, -0.15) is 0 Å². The third kappa shape index (κ3) is 3.49. The Labute approximate surface area is 140 Å². The van der Waals surface area contributed by atoms with Crippen molar-refractivity contribution in [3.05, 3.63) is 35.6 Å². The van der Waals surface area contributed by atoms with Gasteiger partial charge in [0.25, 0.3) is 0 Å². The fourth-order valence-electron chi connectivity index (χ4n) is 3.59. The number of nitrogens with zero attached hydrogens (tertiary/aromatic N) is 1. The number of benzene rings is 1. The van der Waals surface area contributed by atoms with Crippen molar-refractivity contribution in [2.45, 2.75) is 38.4 Å². The number of imide groups is 1. The molecule has 0 aromatic heterocycles. The molecule has 1 saturated carbocycles. The maximum atomic E-state index is 13.5. The molecule has 2 amide bonds. The van der Waals surface area contributed by atoms with Crippen molar-refractivity contribution in [1.29, 1.82) is 0 Å². The lowest BCUT2D eigenvalue weighted by Gasteiger charge is -2.19. The number of carbonyl (C=O) groups excluding carboxylic acids is 2. The predicted octanol–water partition coefficient (Wildman–Crippen LogP) is 1.88. The third-order valence-electron chi connectivity index (χ3n) is 4.85. The molecule has 2 aliphatic rings. The summed E-state index contributed by atoms with van der Waals surface area (Å²) in [7, 11) is 0. The molecule has 0 unspecified atom stereocenters. The van der Waals surface area contributed by atoms with Gasteiger partial charge in [0.05, 0.1) is 37.7 Å². The topological polar surface area (TPSA) is 66.8 Å². The Bertz CT molecular complexity index is 597. The fourth-order valence-corrected chi connectivity index (χ4v) is 3.59. The van der Waals surface area contributed by atoms with Crippen molar-refractivity contribution in [3.8, 4) is 0 Å². The number of likely N-dealkylation sites (tertiary alicyclic amines) is 1. The van der Waals surface area contributed by atoms with Crippen LogP contribution >= 0.6 is 0 Å². The van der Waals surface area contributed by atoms with Crippen LogP contribution in [0.2, 0.25) is 0 Å². The molecule has 24 heavy (non-hydrogen) atoms. The molecule has 130 valence electrons. The number of β-amino-alcohol motifs (C(OH)–C–C–N with tert-alkyl or cyclic N) is 1. The van der Waals surface area contributed by atoms with Crippen molar-refractivity contribution in [3.63, 3.8) is 0 Å². The quantitative estimate of drug-likeness (QED) is 0.806. The largest absolute Gasteiger partial charge is 0.389 e. The van der Waals surface area contributed by atoms with Crippen LogP contribution in [0.4, 0.5) is 4.39 Å². The lowest BCUT2D eigenvalue weighted by molar-refractivity contribution is -0.142. The van der Waals surface area contributed by atoms with Crippen LogP contribution in [0.15, 0.2) is 24.3 Å². The van der Waals surface area contributed by atoms with Crippen molar-refractivity contribution < 1.29 is 23.8 Å². The highest BCUT2D eigenvalue weighted by molar-refractivity contribution is 6.05. The standard InChI is InChI=1S/C18H22FNO4/c19-16-8-4-1-5-12(16)10-24-11-13(21)9-20-17(22)14-6-2-3-7-15(14)18(20)23/h1,4-5,8,13-15,21H,2-3,6-7,9-11H2/t13-,14+,15+/m1/s1. The van der Waals surface area contributed by atoms with Crippen LogP contribution in [-0.4, -0.2) is 41.1 Å². The van der Waals surface area contributed by atoms with Gasteiger partial charge in [0.2, 0.25) is 11.8 Å². The first-order chi connectivity index (χ1) is 11.6. The van der Waals surface area contributed by atoms with E-state index in [1.165, 1.54) is 11.0 Å². The number of hydrogen-bond donors (Lipinski definition) is 1. The lowest BCUT2D eigenvalue weighted by Crippen LogP contribution is -2.39. The van der Waals surface area contributed by atoms with E-state index in [-0.39, 0.29) is 49.2 Å². The van der Waals surface area contributed by atoms with Crippen LogP contribution in [0.3, 0.4) is 0 Å². The minimum atomic E-state index is -0.968. The summed E-state index contributed by atoms with van der Waals surface area (Å²) in [6.07, 6.45) is 2.49. The van der Waals surface area contributed by atoms with E-state index >= 15 is 0 Å². The zero-order chi connectivity index (χ0) is 17.1. The molecule has 1 aromatic rings. The van der Waals surface area contributed by atoms with Crippen LogP contribution in [0.1, 0.15) is 31.2 Å². The molecule has 5 nitrogen and oxygen atoms in total. The molecular formula is C18H22FNO4. The molecule has 1 aliphatic heterocycles. The summed E-state index contributed by atoms with van der Waals surface area (Å²) in [4.78, 5) is 25.8. The van der Waals surface area contributed by atoms with E-state index in [4.69, 9.17) is 4.74 Å². The van der Waals surface area contributed by atoms with Gasteiger partial charge in [-0.25, -0.2) is 4.39 Å². The van der Waals surface area contributed by atoms with Crippen molar-refractivity contribution in [2.24, 2.45) is 11.8 Å². The van der Waals surface area contributed by atoms with E-state index in [0.717, 1.165) is 25.7 Å². The first-order valence-corrected chi connectivity index (χ1v) is 8.42. The molecule has 1 aromatic carbocycles. The van der Waals surface area contributed by atoms with Gasteiger partial charge in [0, 0.05) is 5.56 Å². The number of halogens is 1. The van der Waals surface area contributed by atoms with E-state index in [2.05, 4.69) is 0 Å². The zero-order valence-corrected chi connectivity index (χ0v) is 13.5. The highest BCUT2D eigenvalue weighted by atomic mass is 19.1. The Morgan fingerprint density at radius 2 is 1.79 bits per heavy atom. The van der Waals surface area contributed by atoms with E-state index in [1.807, 2.05) is 0 Å². The Balaban J connectivity index is 1.50. The molecule has 1 heterocycles. The van der Waals surface area contributed by atoms with E-state index in [9.17, 15) is 19.1 Å². The molecular weight excluding hydrogens is 313 g/mol. The van der Waals surface area contributed by atoms with E-state index in [1.54, 1.807) is 18.2 Å². The van der Waals surface area contributed by atoms with Gasteiger partial charge in [-0.05, 0) is 18.9 Å². The number of aliphatic hydroxyl groups is 1. The first-order valence-electron chi connectivity index (χ1n) is 8.42. The van der Waals surface area contributed by atoms with Gasteiger partial charge in [0.15, 0.2) is 0 Å². The van der Waals surface area contributed by atoms with Crippen LogP contribution in [0, 0.1) is 17.7 Å². The molecule has 3 atom stereocenters. The predicted molar refractivity (Wildman–Crippen MR) is 84.2 cm³/mol. The number of hydrogen-bond acceptors (Lipinski definition) is 4. The number of rotatable bonds is 6. The molecule has 0 radical (unpaired) electrons. The highest BCUT2D eigenvalue weighted by Gasteiger charge is 2.48. The fraction of sp³-hybridized carbons (Fsp3) is 0.556. The van der Waals surface area contributed by atoms with Gasteiger partial charge in [-0.3, -0.25) is 14.5 Å². The summed E-state index contributed by atoms with van der Waals surface area (Å²) in [5.41, 5.74) is 0.407. The molecule has 6 heteroatoms. The van der Waals surface area contributed by atoms with Crippen LogP contribution in [-0.2, 0) is 20.9 Å². The first kappa shape index (κ1) is 17.0. The molecule has 0 spiro atoms. The molecule has 0 bridgehead atoms. The molecule has 1 N–H and O–H groups in total. The second-order valence-corrected chi connectivity index (χ2v) is 6.54. The SMILES string of the molecule is O=C1[C@H]2CCCC[C@@H]2C(=O)N1C[C@@H](O)COCc1ccccc1F. The van der Waals surface area contributed by atoms with Gasteiger partial charge in [0.1, 0.15) is 5.82 Å². The lowest BCUT2D eigenvalue weighted by atomic mass is 9.81. The van der Waals surface area contributed by atoms with Crippen LogP contribution in [0.5, 0.6) is 0 Å². The molecule has 3 rings (SSSR count). The highest BCUT2D eigenvalue weighted by Crippen LogP contribution is 2.37. The maximum absolute atomic E-state index is 13.5. The van der Waals surface area contributed by atoms with Crippen molar-refractivity contribution >= 4 is 11.8 Å². The summed E-state index contributed by atoms with van der Waals surface area (Å²) in [6, 6.07) is 6.26. The van der Waals surface area contributed by atoms with E-state index in [0.29, 0.717) is 5.56 Å². The van der Waals surface area contributed by atoms with Crippen LogP contribution < -0.4 is 0 Å². The maximum Gasteiger partial charge on any atom is 0.233 e. The summed E-state index contributed by atoms with van der Waals surface area (Å²) >= 11 is 0. The average Bonchev–Trinajstić information content (AvgIpc) is 2.82. The molecule has 2 fully saturated rings. The van der Waals surface area contributed by atoms with Crippen molar-refractivity contribution in [1.82, 2.24) is 4.90 Å². The monoisotopic (exact) mass is 335 g/mol. The normalized spacial score (nSPS) is 25.0. The second-order valence-electron chi connectivity index (χ2n) is 6.54. The summed E-state index contributed by atoms with van der Waals surface area (Å²) in [5, 5.41) is 10.1. The van der Waals surface area contributed by atoms with Crippen LogP contribution in [0.25, 0.3) is 0 Å². The van der Waals surface area contributed by atoms with Gasteiger partial charge in [-0.15, -0.1) is 0 Å². The molecule has 1 aliphatic carbocycles. The van der Waals surface area contributed by atoms with E-state index < -0.39 is 6.10 Å². The van der Waals surface area contributed by atoms with Gasteiger partial charge >= 0.3 is 0 Å².